The largest absolute Gasteiger partial charge is 0.481 e. The number of hydrogen-bond acceptors (Lipinski definition) is 3. The highest BCUT2D eigenvalue weighted by atomic mass is 35.5. The molecule has 2 heterocycles. The zero-order chi connectivity index (χ0) is 13.8. The molecule has 0 unspecified atom stereocenters. The summed E-state index contributed by atoms with van der Waals surface area (Å²) in [6.07, 6.45) is 4.57. The van der Waals surface area contributed by atoms with Crippen LogP contribution in [0.1, 0.15) is 17.7 Å². The molecular weight excluding hydrogens is 286 g/mol. The van der Waals surface area contributed by atoms with Gasteiger partial charge in [-0.25, -0.2) is 0 Å². The Balaban J connectivity index is 1.96. The minimum absolute atomic E-state index is 0.143. The average molecular weight is 300 g/mol. The van der Waals surface area contributed by atoms with E-state index in [1.54, 1.807) is 17.0 Å². The van der Waals surface area contributed by atoms with Gasteiger partial charge in [0, 0.05) is 24.0 Å². The number of halogens is 1. The van der Waals surface area contributed by atoms with Crippen LogP contribution in [0.4, 0.5) is 0 Å². The van der Waals surface area contributed by atoms with Crippen molar-refractivity contribution in [2.45, 2.75) is 12.8 Å². The van der Waals surface area contributed by atoms with Gasteiger partial charge < -0.3 is 10.0 Å². The van der Waals surface area contributed by atoms with Gasteiger partial charge in [0.25, 0.3) is 0 Å². The molecule has 1 N–H and O–H groups in total. The SMILES string of the molecule is O=C(O)[C@@H]1CCCN(C(=O)/C=C/c2ccc(Cl)s2)C1. The number of thiophene rings is 1. The van der Waals surface area contributed by atoms with E-state index < -0.39 is 11.9 Å². The molecule has 4 nitrogen and oxygen atoms in total. The highest BCUT2D eigenvalue weighted by molar-refractivity contribution is 7.17. The molecule has 0 bridgehead atoms. The number of carbonyl (C=O) groups excluding carboxylic acids is 1. The third-order valence-electron chi connectivity index (χ3n) is 3.07. The molecule has 1 atom stereocenters. The number of carboxylic acid groups (broad SMARTS) is 1. The summed E-state index contributed by atoms with van der Waals surface area (Å²) in [6.45, 7) is 0.919. The van der Waals surface area contributed by atoms with Crippen LogP contribution >= 0.6 is 22.9 Å². The number of nitrogens with zero attached hydrogens (tertiary/aromatic N) is 1. The van der Waals surface area contributed by atoms with Gasteiger partial charge in [-0.05, 0) is 31.1 Å². The fourth-order valence-corrected chi connectivity index (χ4v) is 3.02. The number of hydrogen-bond donors (Lipinski definition) is 1. The minimum atomic E-state index is -0.827. The monoisotopic (exact) mass is 299 g/mol. The summed E-state index contributed by atoms with van der Waals surface area (Å²) in [5, 5.41) is 8.98. The molecule has 0 saturated carbocycles. The van der Waals surface area contributed by atoms with Crippen molar-refractivity contribution < 1.29 is 14.7 Å². The molecule has 1 aliphatic rings. The van der Waals surface area contributed by atoms with Gasteiger partial charge in [-0.15, -0.1) is 11.3 Å². The highest BCUT2D eigenvalue weighted by Crippen LogP contribution is 2.23. The average Bonchev–Trinajstić information content (AvgIpc) is 2.82. The van der Waals surface area contributed by atoms with Crippen LogP contribution in [-0.2, 0) is 9.59 Å². The topological polar surface area (TPSA) is 57.6 Å². The molecule has 1 fully saturated rings. The normalized spacial score (nSPS) is 19.8. The minimum Gasteiger partial charge on any atom is -0.481 e. The number of carboxylic acids is 1. The molecule has 0 aliphatic carbocycles. The van der Waals surface area contributed by atoms with E-state index in [1.165, 1.54) is 17.4 Å². The van der Waals surface area contributed by atoms with Crippen molar-refractivity contribution in [3.63, 3.8) is 0 Å². The second-order valence-corrected chi connectivity index (χ2v) is 6.18. The molecule has 2 rings (SSSR count). The van der Waals surface area contributed by atoms with Gasteiger partial charge in [0.15, 0.2) is 0 Å². The Hall–Kier alpha value is -1.33. The number of amides is 1. The number of rotatable bonds is 3. The lowest BCUT2D eigenvalue weighted by Crippen LogP contribution is -2.41. The smallest absolute Gasteiger partial charge is 0.308 e. The third kappa shape index (κ3) is 3.81. The van der Waals surface area contributed by atoms with Crippen molar-refractivity contribution in [2.24, 2.45) is 5.92 Å². The fourth-order valence-electron chi connectivity index (χ4n) is 2.06. The van der Waals surface area contributed by atoms with E-state index in [0.29, 0.717) is 23.8 Å². The lowest BCUT2D eigenvalue weighted by Gasteiger charge is -2.29. The molecule has 0 aromatic carbocycles. The molecular formula is C13H14ClNO3S. The van der Waals surface area contributed by atoms with E-state index in [2.05, 4.69) is 0 Å². The quantitative estimate of drug-likeness (QED) is 0.873. The van der Waals surface area contributed by atoms with Gasteiger partial charge in [-0.1, -0.05) is 11.6 Å². The first-order chi connectivity index (χ1) is 9.06. The predicted molar refractivity (Wildman–Crippen MR) is 75.3 cm³/mol. The number of piperidine rings is 1. The zero-order valence-electron chi connectivity index (χ0n) is 10.2. The van der Waals surface area contributed by atoms with Gasteiger partial charge in [0.2, 0.25) is 5.91 Å². The number of aliphatic carboxylic acids is 1. The first kappa shape index (κ1) is 14.1. The van der Waals surface area contributed by atoms with Crippen LogP contribution in [0.2, 0.25) is 4.34 Å². The molecule has 1 amide bonds. The van der Waals surface area contributed by atoms with E-state index in [9.17, 15) is 9.59 Å². The molecule has 1 aliphatic heterocycles. The van der Waals surface area contributed by atoms with Gasteiger partial charge in [-0.2, -0.15) is 0 Å². The maximum absolute atomic E-state index is 12.0. The van der Waals surface area contributed by atoms with Crippen LogP contribution in [0.15, 0.2) is 18.2 Å². The zero-order valence-corrected chi connectivity index (χ0v) is 11.8. The second kappa shape index (κ2) is 6.21. The Bertz CT molecular complexity index is 512. The second-order valence-electron chi connectivity index (χ2n) is 4.44. The van der Waals surface area contributed by atoms with Crippen molar-refractivity contribution in [2.75, 3.05) is 13.1 Å². The van der Waals surface area contributed by atoms with Crippen LogP contribution in [-0.4, -0.2) is 35.0 Å². The van der Waals surface area contributed by atoms with Gasteiger partial charge in [0.1, 0.15) is 0 Å². The van der Waals surface area contributed by atoms with E-state index in [0.717, 1.165) is 11.3 Å². The highest BCUT2D eigenvalue weighted by Gasteiger charge is 2.27. The van der Waals surface area contributed by atoms with Crippen LogP contribution in [0.5, 0.6) is 0 Å². The Kier molecular flexibility index (Phi) is 4.61. The van der Waals surface area contributed by atoms with Gasteiger partial charge >= 0.3 is 5.97 Å². The first-order valence-corrected chi connectivity index (χ1v) is 7.21. The van der Waals surface area contributed by atoms with E-state index in [4.69, 9.17) is 16.7 Å². The lowest BCUT2D eigenvalue weighted by atomic mass is 9.98. The summed E-state index contributed by atoms with van der Waals surface area (Å²) >= 11 is 7.20. The summed E-state index contributed by atoms with van der Waals surface area (Å²) in [6, 6.07) is 3.62. The van der Waals surface area contributed by atoms with Crippen molar-refractivity contribution in [1.82, 2.24) is 4.90 Å². The first-order valence-electron chi connectivity index (χ1n) is 6.01. The number of likely N-dealkylation sites (tertiary alicyclic amines) is 1. The molecule has 19 heavy (non-hydrogen) atoms. The molecule has 6 heteroatoms. The van der Waals surface area contributed by atoms with E-state index in [1.807, 2.05) is 6.07 Å². The van der Waals surface area contributed by atoms with Gasteiger partial charge in [-0.3, -0.25) is 9.59 Å². The van der Waals surface area contributed by atoms with E-state index in [-0.39, 0.29) is 5.91 Å². The van der Waals surface area contributed by atoms with Crippen LogP contribution in [0.3, 0.4) is 0 Å². The predicted octanol–water partition coefficient (Wildman–Crippen LogP) is 2.74. The van der Waals surface area contributed by atoms with Crippen molar-refractivity contribution in [3.8, 4) is 0 Å². The summed E-state index contributed by atoms with van der Waals surface area (Å²) in [5.74, 6) is -1.41. The third-order valence-corrected chi connectivity index (χ3v) is 4.26. The van der Waals surface area contributed by atoms with Crippen LogP contribution in [0.25, 0.3) is 6.08 Å². The Morgan fingerprint density at radius 2 is 2.26 bits per heavy atom. The summed E-state index contributed by atoms with van der Waals surface area (Å²) < 4.78 is 0.677. The number of carbonyl (C=O) groups is 2. The molecule has 0 spiro atoms. The molecule has 0 radical (unpaired) electrons. The Labute approximate surface area is 120 Å². The summed E-state index contributed by atoms with van der Waals surface area (Å²) in [4.78, 5) is 25.4. The summed E-state index contributed by atoms with van der Waals surface area (Å²) in [5.41, 5.74) is 0. The Morgan fingerprint density at radius 3 is 2.89 bits per heavy atom. The standard InChI is InChI=1S/C13H14ClNO3S/c14-11-5-3-10(19-11)4-6-12(16)15-7-1-2-9(8-15)13(17)18/h3-6,9H,1-2,7-8H2,(H,17,18)/b6-4+/t9-/m1/s1. The molecule has 1 aromatic rings. The maximum atomic E-state index is 12.0. The van der Waals surface area contributed by atoms with Gasteiger partial charge in [0.05, 0.1) is 10.3 Å². The van der Waals surface area contributed by atoms with Crippen molar-refractivity contribution in [1.29, 1.82) is 0 Å². The maximum Gasteiger partial charge on any atom is 0.308 e. The molecule has 1 saturated heterocycles. The van der Waals surface area contributed by atoms with E-state index >= 15 is 0 Å². The Morgan fingerprint density at radius 1 is 1.47 bits per heavy atom. The molecule has 102 valence electrons. The van der Waals surface area contributed by atoms with Crippen LogP contribution in [0, 0.1) is 5.92 Å². The van der Waals surface area contributed by atoms with Crippen molar-refractivity contribution in [3.05, 3.63) is 27.4 Å². The summed E-state index contributed by atoms with van der Waals surface area (Å²) in [7, 11) is 0. The van der Waals surface area contributed by atoms with Crippen LogP contribution < -0.4 is 0 Å². The fraction of sp³-hybridized carbons (Fsp3) is 0.385. The molecule has 1 aromatic heterocycles. The lowest BCUT2D eigenvalue weighted by molar-refractivity contribution is -0.144. The van der Waals surface area contributed by atoms with Crippen molar-refractivity contribution >= 4 is 40.9 Å².